The predicted octanol–water partition coefficient (Wildman–Crippen LogP) is 4.41. The van der Waals surface area contributed by atoms with Gasteiger partial charge in [0.25, 0.3) is 0 Å². The molecule has 0 aliphatic carbocycles. The normalized spacial score (nSPS) is 12.2. The number of methoxy groups -OCH3 is 1. The molecule has 0 bridgehead atoms. The highest BCUT2D eigenvalue weighted by atomic mass is 79.9. The molecule has 1 aromatic heterocycles. The minimum absolute atomic E-state index is 0.588. The fourth-order valence-electron chi connectivity index (χ4n) is 2.27. The van der Waals surface area contributed by atoms with E-state index in [4.69, 9.17) is 4.74 Å². The van der Waals surface area contributed by atoms with Gasteiger partial charge >= 0.3 is 0 Å². The SMILES string of the molecule is COCCN=c1scc(-c2ccccc2Br)n1/N=C\c1ccccc1. The van der Waals surface area contributed by atoms with Crippen LogP contribution in [0.4, 0.5) is 0 Å². The van der Waals surface area contributed by atoms with E-state index < -0.39 is 0 Å². The topological polar surface area (TPSA) is 38.9 Å². The molecule has 0 aliphatic rings. The van der Waals surface area contributed by atoms with Crippen molar-refractivity contribution in [2.24, 2.45) is 10.1 Å². The molecular formula is C19H18BrN3OS. The number of nitrogens with zero attached hydrogens (tertiary/aromatic N) is 3. The highest BCUT2D eigenvalue weighted by Crippen LogP contribution is 2.28. The average Bonchev–Trinajstić information content (AvgIpc) is 3.04. The highest BCUT2D eigenvalue weighted by molar-refractivity contribution is 9.10. The summed E-state index contributed by atoms with van der Waals surface area (Å²) in [7, 11) is 1.68. The third-order valence-corrected chi connectivity index (χ3v) is 5.04. The highest BCUT2D eigenvalue weighted by Gasteiger charge is 2.10. The third kappa shape index (κ3) is 4.54. The first-order valence-corrected chi connectivity index (χ1v) is 9.51. The van der Waals surface area contributed by atoms with E-state index in [1.54, 1.807) is 18.4 Å². The van der Waals surface area contributed by atoms with Crippen molar-refractivity contribution in [3.8, 4) is 11.3 Å². The van der Waals surface area contributed by atoms with Gasteiger partial charge in [-0.05, 0) is 11.6 Å². The number of ether oxygens (including phenoxy) is 1. The summed E-state index contributed by atoms with van der Waals surface area (Å²) in [6.45, 7) is 1.19. The molecular weight excluding hydrogens is 398 g/mol. The van der Waals surface area contributed by atoms with Gasteiger partial charge in [-0.2, -0.15) is 5.10 Å². The van der Waals surface area contributed by atoms with E-state index in [-0.39, 0.29) is 0 Å². The second-order valence-corrected chi connectivity index (χ2v) is 6.92. The van der Waals surface area contributed by atoms with Crippen LogP contribution in [0.2, 0.25) is 0 Å². The Hall–Kier alpha value is -2.02. The van der Waals surface area contributed by atoms with Crippen LogP contribution in [0.25, 0.3) is 11.3 Å². The minimum Gasteiger partial charge on any atom is -0.383 e. The zero-order chi connectivity index (χ0) is 17.5. The van der Waals surface area contributed by atoms with Crippen molar-refractivity contribution in [2.75, 3.05) is 20.3 Å². The van der Waals surface area contributed by atoms with Gasteiger partial charge in [0.1, 0.15) is 0 Å². The second kappa shape index (κ2) is 8.89. The summed E-state index contributed by atoms with van der Waals surface area (Å²) in [6, 6.07) is 18.2. The van der Waals surface area contributed by atoms with Crippen molar-refractivity contribution < 1.29 is 4.74 Å². The number of rotatable bonds is 6. The van der Waals surface area contributed by atoms with Crippen LogP contribution in [-0.4, -0.2) is 31.2 Å². The lowest BCUT2D eigenvalue weighted by Gasteiger charge is -2.05. The van der Waals surface area contributed by atoms with Crippen LogP contribution in [-0.2, 0) is 4.74 Å². The molecule has 0 radical (unpaired) electrons. The van der Waals surface area contributed by atoms with Crippen LogP contribution in [0.15, 0.2) is 74.5 Å². The largest absolute Gasteiger partial charge is 0.383 e. The maximum Gasteiger partial charge on any atom is 0.206 e. The van der Waals surface area contributed by atoms with Gasteiger partial charge in [0.2, 0.25) is 4.80 Å². The van der Waals surface area contributed by atoms with Crippen molar-refractivity contribution in [2.45, 2.75) is 0 Å². The summed E-state index contributed by atoms with van der Waals surface area (Å²) in [6.07, 6.45) is 1.85. The molecule has 0 saturated heterocycles. The van der Waals surface area contributed by atoms with Crippen LogP contribution < -0.4 is 4.80 Å². The standard InChI is InChI=1S/C19H18BrN3OS/c1-24-12-11-21-19-23(22-13-15-7-3-2-4-8-15)18(14-25-19)16-9-5-6-10-17(16)20/h2-10,13-14H,11-12H2,1H3/b21-19?,22-13-. The Morgan fingerprint density at radius 2 is 1.88 bits per heavy atom. The van der Waals surface area contributed by atoms with Crippen LogP contribution in [0.1, 0.15) is 5.56 Å². The molecule has 25 heavy (non-hydrogen) atoms. The van der Waals surface area contributed by atoms with E-state index in [9.17, 15) is 0 Å². The fraction of sp³-hybridized carbons (Fsp3) is 0.158. The minimum atomic E-state index is 0.588. The summed E-state index contributed by atoms with van der Waals surface area (Å²) in [5, 5.41) is 6.76. The summed E-state index contributed by atoms with van der Waals surface area (Å²) in [5.41, 5.74) is 3.13. The summed E-state index contributed by atoms with van der Waals surface area (Å²) in [4.78, 5) is 5.45. The van der Waals surface area contributed by atoms with Crippen LogP contribution in [0.5, 0.6) is 0 Å². The first kappa shape index (κ1) is 17.8. The number of halogens is 1. The molecule has 4 nitrogen and oxygen atoms in total. The Bertz CT molecular complexity index is 916. The van der Waals surface area contributed by atoms with Crippen molar-refractivity contribution >= 4 is 33.5 Å². The van der Waals surface area contributed by atoms with E-state index in [0.29, 0.717) is 13.2 Å². The van der Waals surface area contributed by atoms with Crippen molar-refractivity contribution in [3.63, 3.8) is 0 Å². The van der Waals surface area contributed by atoms with Crippen molar-refractivity contribution in [1.29, 1.82) is 0 Å². The molecule has 0 amide bonds. The van der Waals surface area contributed by atoms with Gasteiger partial charge in [-0.3, -0.25) is 4.99 Å². The monoisotopic (exact) mass is 415 g/mol. The Kier molecular flexibility index (Phi) is 6.33. The van der Waals surface area contributed by atoms with Gasteiger partial charge in [-0.1, -0.05) is 64.5 Å². The van der Waals surface area contributed by atoms with Gasteiger partial charge < -0.3 is 4.74 Å². The average molecular weight is 416 g/mol. The molecule has 0 N–H and O–H groups in total. The Morgan fingerprint density at radius 3 is 2.64 bits per heavy atom. The first-order valence-electron chi connectivity index (χ1n) is 7.84. The maximum absolute atomic E-state index is 5.10. The fourth-order valence-corrected chi connectivity index (χ4v) is 3.61. The molecule has 0 spiro atoms. The van der Waals surface area contributed by atoms with Crippen LogP contribution >= 0.6 is 27.3 Å². The second-order valence-electron chi connectivity index (χ2n) is 5.22. The van der Waals surface area contributed by atoms with E-state index in [2.05, 4.69) is 37.5 Å². The Balaban J connectivity index is 2.06. The van der Waals surface area contributed by atoms with Crippen LogP contribution in [0, 0.1) is 0 Å². The van der Waals surface area contributed by atoms with Gasteiger partial charge in [0.15, 0.2) is 0 Å². The zero-order valence-corrected chi connectivity index (χ0v) is 16.2. The Labute approximate surface area is 159 Å². The van der Waals surface area contributed by atoms with Gasteiger partial charge in [0, 0.05) is 22.5 Å². The van der Waals surface area contributed by atoms with Crippen molar-refractivity contribution in [1.82, 2.24) is 4.68 Å². The number of hydrogen-bond acceptors (Lipinski definition) is 4. The number of thiazole rings is 1. The number of benzene rings is 2. The molecule has 3 aromatic rings. The van der Waals surface area contributed by atoms with E-state index >= 15 is 0 Å². The van der Waals surface area contributed by atoms with E-state index in [0.717, 1.165) is 26.1 Å². The quantitative estimate of drug-likeness (QED) is 0.434. The van der Waals surface area contributed by atoms with Crippen molar-refractivity contribution in [3.05, 3.63) is 74.8 Å². The Morgan fingerprint density at radius 1 is 1.12 bits per heavy atom. The molecule has 0 atom stereocenters. The van der Waals surface area contributed by atoms with Gasteiger partial charge in [0.05, 0.1) is 25.1 Å². The van der Waals surface area contributed by atoms with Crippen LogP contribution in [0.3, 0.4) is 0 Å². The zero-order valence-electron chi connectivity index (χ0n) is 13.8. The summed E-state index contributed by atoms with van der Waals surface area (Å²) < 4.78 is 8.01. The lowest BCUT2D eigenvalue weighted by molar-refractivity contribution is 0.207. The molecule has 3 rings (SSSR count). The smallest absolute Gasteiger partial charge is 0.206 e. The number of hydrogen-bond donors (Lipinski definition) is 0. The number of aromatic nitrogens is 1. The molecule has 6 heteroatoms. The summed E-state index contributed by atoms with van der Waals surface area (Å²) in [5.74, 6) is 0. The molecule has 0 fully saturated rings. The molecule has 2 aromatic carbocycles. The third-order valence-electron chi connectivity index (χ3n) is 3.50. The summed E-state index contributed by atoms with van der Waals surface area (Å²) >= 11 is 5.20. The lowest BCUT2D eigenvalue weighted by Crippen LogP contribution is -2.13. The molecule has 0 aliphatic heterocycles. The molecule has 0 saturated carbocycles. The predicted molar refractivity (Wildman–Crippen MR) is 107 cm³/mol. The van der Waals surface area contributed by atoms with E-state index in [1.165, 1.54) is 0 Å². The first-order chi connectivity index (χ1) is 12.3. The molecule has 0 unspecified atom stereocenters. The van der Waals surface area contributed by atoms with E-state index in [1.807, 2.05) is 59.4 Å². The maximum atomic E-state index is 5.10. The van der Waals surface area contributed by atoms with Gasteiger partial charge in [-0.25, -0.2) is 4.68 Å². The lowest BCUT2D eigenvalue weighted by atomic mass is 10.2. The van der Waals surface area contributed by atoms with Gasteiger partial charge in [-0.15, -0.1) is 11.3 Å². The molecule has 128 valence electrons. The molecule has 1 heterocycles.